The number of hydrogen-bond acceptors (Lipinski definition) is 3. The Morgan fingerprint density at radius 3 is 2.29 bits per heavy atom. The molecule has 3 N–H and O–H groups in total. The van der Waals surface area contributed by atoms with Crippen molar-refractivity contribution in [1.82, 2.24) is 10.6 Å². The summed E-state index contributed by atoms with van der Waals surface area (Å²) in [6.07, 6.45) is 1.63. The third-order valence-electron chi connectivity index (χ3n) is 3.51. The number of carbonyl (C=O) groups excluding carboxylic acids is 2. The van der Waals surface area contributed by atoms with E-state index in [1.165, 1.54) is 0 Å². The number of benzene rings is 1. The molecule has 0 unspecified atom stereocenters. The first kappa shape index (κ1) is 15.5. The Bertz CT molecular complexity index is 567. The van der Waals surface area contributed by atoms with Crippen molar-refractivity contribution in [3.63, 3.8) is 0 Å². The van der Waals surface area contributed by atoms with Crippen LogP contribution < -0.4 is 10.6 Å². The Morgan fingerprint density at radius 2 is 1.81 bits per heavy atom. The first-order valence-corrected chi connectivity index (χ1v) is 7.30. The lowest BCUT2D eigenvalue weighted by Gasteiger charge is -2.38. The fourth-order valence-corrected chi connectivity index (χ4v) is 2.36. The predicted octanol–water partition coefficient (Wildman–Crippen LogP) is 1.30. The molecule has 21 heavy (non-hydrogen) atoms. The van der Waals surface area contributed by atoms with Gasteiger partial charge in [-0.05, 0) is 43.5 Å². The highest BCUT2D eigenvalue weighted by molar-refractivity contribution is 9.10. The first-order chi connectivity index (χ1) is 9.93. The Labute approximate surface area is 130 Å². The van der Waals surface area contributed by atoms with Gasteiger partial charge in [0.1, 0.15) is 5.54 Å². The van der Waals surface area contributed by atoms with Crippen molar-refractivity contribution >= 4 is 33.7 Å². The van der Waals surface area contributed by atoms with E-state index in [2.05, 4.69) is 26.6 Å². The Balaban J connectivity index is 1.85. The van der Waals surface area contributed by atoms with Crippen LogP contribution in [0.2, 0.25) is 0 Å². The fourth-order valence-electron chi connectivity index (χ4n) is 2.10. The summed E-state index contributed by atoms with van der Waals surface area (Å²) in [5.41, 5.74) is -0.720. The normalized spacial score (nSPS) is 15.7. The molecule has 1 fully saturated rings. The lowest BCUT2D eigenvalue weighted by atomic mass is 9.77. The van der Waals surface area contributed by atoms with Gasteiger partial charge in [-0.1, -0.05) is 15.9 Å². The van der Waals surface area contributed by atoms with Crippen LogP contribution in [0.1, 0.15) is 29.6 Å². The molecule has 0 radical (unpaired) electrons. The Hall–Kier alpha value is -1.89. The summed E-state index contributed by atoms with van der Waals surface area (Å²) in [7, 11) is 0. The first-order valence-electron chi connectivity index (χ1n) is 6.51. The minimum absolute atomic E-state index is 0.246. The summed E-state index contributed by atoms with van der Waals surface area (Å²) >= 11 is 3.27. The molecular weight excluding hydrogens is 340 g/mol. The highest BCUT2D eigenvalue weighted by atomic mass is 79.9. The molecule has 1 aliphatic rings. The summed E-state index contributed by atoms with van der Waals surface area (Å²) in [5, 5.41) is 14.1. The van der Waals surface area contributed by atoms with Crippen molar-refractivity contribution in [2.24, 2.45) is 0 Å². The van der Waals surface area contributed by atoms with Crippen LogP contribution in [0.15, 0.2) is 28.7 Å². The number of hydrogen-bond donors (Lipinski definition) is 3. The van der Waals surface area contributed by atoms with E-state index >= 15 is 0 Å². The molecule has 1 aromatic rings. The van der Waals surface area contributed by atoms with Gasteiger partial charge in [0.2, 0.25) is 5.91 Å². The summed E-state index contributed by atoms with van der Waals surface area (Å²) in [6.45, 7) is -0.246. The molecule has 7 heteroatoms. The van der Waals surface area contributed by atoms with E-state index < -0.39 is 17.4 Å². The standard InChI is InChI=1S/C14H15BrN2O4/c15-10-4-2-9(3-5-10)12(19)16-8-11(18)17-14(13(20)21)6-1-7-14/h2-5H,1,6-8H2,(H,16,19)(H,17,18)(H,20,21). The van der Waals surface area contributed by atoms with E-state index in [1.807, 2.05) is 0 Å². The van der Waals surface area contributed by atoms with E-state index in [4.69, 9.17) is 5.11 Å². The topological polar surface area (TPSA) is 95.5 Å². The number of carbonyl (C=O) groups is 3. The summed E-state index contributed by atoms with van der Waals surface area (Å²) in [5.74, 6) is -1.90. The Morgan fingerprint density at radius 1 is 1.19 bits per heavy atom. The van der Waals surface area contributed by atoms with Gasteiger partial charge in [0, 0.05) is 10.0 Å². The van der Waals surface area contributed by atoms with Crippen molar-refractivity contribution in [3.05, 3.63) is 34.3 Å². The number of aliphatic carboxylic acids is 1. The van der Waals surface area contributed by atoms with Gasteiger partial charge in [0.15, 0.2) is 0 Å². The van der Waals surface area contributed by atoms with Crippen LogP contribution >= 0.6 is 15.9 Å². The minimum Gasteiger partial charge on any atom is -0.480 e. The maximum atomic E-state index is 11.8. The number of rotatable bonds is 5. The molecule has 1 saturated carbocycles. The fraction of sp³-hybridized carbons (Fsp3) is 0.357. The van der Waals surface area contributed by atoms with E-state index in [1.54, 1.807) is 24.3 Å². The highest BCUT2D eigenvalue weighted by Crippen LogP contribution is 2.31. The molecule has 0 aliphatic heterocycles. The van der Waals surface area contributed by atoms with Gasteiger partial charge in [-0.15, -0.1) is 0 Å². The van der Waals surface area contributed by atoms with Gasteiger partial charge >= 0.3 is 5.97 Å². The number of halogens is 1. The molecule has 112 valence electrons. The zero-order valence-electron chi connectivity index (χ0n) is 11.2. The van der Waals surface area contributed by atoms with Crippen LogP contribution in [0.4, 0.5) is 0 Å². The summed E-state index contributed by atoms with van der Waals surface area (Å²) < 4.78 is 0.852. The van der Waals surface area contributed by atoms with Crippen molar-refractivity contribution < 1.29 is 19.5 Å². The van der Waals surface area contributed by atoms with Crippen molar-refractivity contribution in [2.45, 2.75) is 24.8 Å². The van der Waals surface area contributed by atoms with Gasteiger partial charge in [-0.25, -0.2) is 4.79 Å². The van der Waals surface area contributed by atoms with Gasteiger partial charge in [-0.2, -0.15) is 0 Å². The molecule has 0 saturated heterocycles. The molecule has 1 aromatic carbocycles. The Kier molecular flexibility index (Phi) is 4.62. The second kappa shape index (κ2) is 6.26. The molecule has 6 nitrogen and oxygen atoms in total. The molecule has 0 spiro atoms. The van der Waals surface area contributed by atoms with Gasteiger partial charge in [-0.3, -0.25) is 9.59 Å². The van der Waals surface area contributed by atoms with Crippen LogP contribution in [-0.2, 0) is 9.59 Å². The molecule has 0 atom stereocenters. The maximum absolute atomic E-state index is 11.8. The molecule has 1 aliphatic carbocycles. The SMILES string of the molecule is O=C(CNC(=O)c1ccc(Br)cc1)NC1(C(=O)O)CCC1. The molecular formula is C14H15BrN2O4. The monoisotopic (exact) mass is 354 g/mol. The van der Waals surface area contributed by atoms with Crippen molar-refractivity contribution in [2.75, 3.05) is 6.54 Å². The van der Waals surface area contributed by atoms with Crippen molar-refractivity contribution in [1.29, 1.82) is 0 Å². The molecule has 0 heterocycles. The number of nitrogens with one attached hydrogen (secondary N) is 2. The van der Waals surface area contributed by atoms with E-state index in [-0.39, 0.29) is 12.5 Å². The third kappa shape index (κ3) is 3.60. The average Bonchev–Trinajstić information content (AvgIpc) is 2.40. The lowest BCUT2D eigenvalue weighted by molar-refractivity contribution is -0.151. The molecule has 0 aromatic heterocycles. The molecule has 0 bridgehead atoms. The van der Waals surface area contributed by atoms with Gasteiger partial charge < -0.3 is 15.7 Å². The largest absolute Gasteiger partial charge is 0.480 e. The van der Waals surface area contributed by atoms with E-state index in [0.717, 1.165) is 10.9 Å². The quantitative estimate of drug-likeness (QED) is 0.742. The van der Waals surface area contributed by atoms with Gasteiger partial charge in [0.25, 0.3) is 5.91 Å². The van der Waals surface area contributed by atoms with E-state index in [9.17, 15) is 14.4 Å². The minimum atomic E-state index is -1.15. The van der Waals surface area contributed by atoms with E-state index in [0.29, 0.717) is 18.4 Å². The second-order valence-electron chi connectivity index (χ2n) is 4.98. The molecule has 2 rings (SSSR count). The van der Waals surface area contributed by atoms with Crippen LogP contribution in [-0.4, -0.2) is 35.0 Å². The zero-order valence-corrected chi connectivity index (χ0v) is 12.8. The number of carboxylic acids is 1. The average molecular weight is 355 g/mol. The summed E-state index contributed by atoms with van der Waals surface area (Å²) in [4.78, 5) is 34.7. The predicted molar refractivity (Wildman–Crippen MR) is 78.8 cm³/mol. The van der Waals surface area contributed by atoms with Crippen molar-refractivity contribution in [3.8, 4) is 0 Å². The van der Waals surface area contributed by atoms with Crippen LogP contribution in [0.25, 0.3) is 0 Å². The number of amides is 2. The lowest BCUT2D eigenvalue weighted by Crippen LogP contribution is -2.60. The smallest absolute Gasteiger partial charge is 0.329 e. The van der Waals surface area contributed by atoms with Gasteiger partial charge in [0.05, 0.1) is 6.54 Å². The number of carboxylic acid groups (broad SMARTS) is 1. The van der Waals surface area contributed by atoms with Crippen LogP contribution in [0, 0.1) is 0 Å². The zero-order chi connectivity index (χ0) is 15.5. The third-order valence-corrected chi connectivity index (χ3v) is 4.04. The maximum Gasteiger partial charge on any atom is 0.329 e. The second-order valence-corrected chi connectivity index (χ2v) is 5.89. The molecule has 2 amide bonds. The van der Waals surface area contributed by atoms with Crippen LogP contribution in [0.5, 0.6) is 0 Å². The summed E-state index contributed by atoms with van der Waals surface area (Å²) in [6, 6.07) is 6.70. The highest BCUT2D eigenvalue weighted by Gasteiger charge is 2.45. The van der Waals surface area contributed by atoms with Crippen LogP contribution in [0.3, 0.4) is 0 Å².